The number of carbonyl (C=O) groups excluding carboxylic acids is 1. The molecule has 1 aliphatic heterocycles. The van der Waals surface area contributed by atoms with E-state index in [9.17, 15) is 4.79 Å². The molecule has 1 rings (SSSR count). The van der Waals surface area contributed by atoms with E-state index in [-0.39, 0.29) is 12.1 Å². The number of nitrogens with zero attached hydrogens (tertiary/aromatic N) is 1. The van der Waals surface area contributed by atoms with Crippen LogP contribution in [0.25, 0.3) is 0 Å². The molecular weight excluding hydrogens is 204 g/mol. The third-order valence-electron chi connectivity index (χ3n) is 2.99. The summed E-state index contributed by atoms with van der Waals surface area (Å²) in [4.78, 5) is 13.8. The zero-order valence-electron chi connectivity index (χ0n) is 11.0. The van der Waals surface area contributed by atoms with Crippen molar-refractivity contribution in [3.63, 3.8) is 0 Å². The molecule has 0 aliphatic carbocycles. The number of piperidine rings is 1. The van der Waals surface area contributed by atoms with E-state index in [4.69, 9.17) is 4.74 Å². The summed E-state index contributed by atoms with van der Waals surface area (Å²) in [5, 5.41) is 3.25. The molecule has 0 aromatic heterocycles. The van der Waals surface area contributed by atoms with Crippen molar-refractivity contribution < 1.29 is 9.53 Å². The van der Waals surface area contributed by atoms with Gasteiger partial charge in [-0.1, -0.05) is 0 Å². The van der Waals surface area contributed by atoms with Gasteiger partial charge in [-0.25, -0.2) is 4.79 Å². The Bertz CT molecular complexity index is 248. The first-order valence-electron chi connectivity index (χ1n) is 6.02. The van der Waals surface area contributed by atoms with Gasteiger partial charge in [0.15, 0.2) is 0 Å². The predicted molar refractivity (Wildman–Crippen MR) is 64.5 cm³/mol. The second-order valence-electron chi connectivity index (χ2n) is 5.45. The largest absolute Gasteiger partial charge is 0.444 e. The fraction of sp³-hybridized carbons (Fsp3) is 0.917. The molecule has 1 fully saturated rings. The minimum Gasteiger partial charge on any atom is -0.444 e. The Balaban J connectivity index is 2.61. The maximum atomic E-state index is 12.0. The average molecular weight is 228 g/mol. The summed E-state index contributed by atoms with van der Waals surface area (Å²) in [6.07, 6.45) is 1.96. The van der Waals surface area contributed by atoms with Gasteiger partial charge in [-0.05, 0) is 47.6 Å². The van der Waals surface area contributed by atoms with Crippen LogP contribution in [-0.4, -0.2) is 42.3 Å². The average Bonchev–Trinajstić information content (AvgIpc) is 2.15. The number of likely N-dealkylation sites (N-methyl/N-ethyl adjacent to an activating group) is 1. The monoisotopic (exact) mass is 228 g/mol. The fourth-order valence-corrected chi connectivity index (χ4v) is 2.11. The van der Waals surface area contributed by atoms with Crippen LogP contribution in [0.5, 0.6) is 0 Å². The minimum atomic E-state index is -0.413. The zero-order valence-corrected chi connectivity index (χ0v) is 11.0. The standard InChI is InChI=1S/C12H24N2O2/c1-9-10(13-5)7-6-8-14(9)11(15)16-12(2,3)4/h9-10,13H,6-8H2,1-5H3. The molecule has 2 unspecified atom stereocenters. The number of rotatable bonds is 1. The van der Waals surface area contributed by atoms with Crippen molar-refractivity contribution in [1.82, 2.24) is 10.2 Å². The molecule has 94 valence electrons. The van der Waals surface area contributed by atoms with Crippen molar-refractivity contribution in [2.24, 2.45) is 0 Å². The van der Waals surface area contributed by atoms with E-state index < -0.39 is 5.60 Å². The van der Waals surface area contributed by atoms with Gasteiger partial charge in [-0.2, -0.15) is 0 Å². The third kappa shape index (κ3) is 3.37. The fourth-order valence-electron chi connectivity index (χ4n) is 2.11. The van der Waals surface area contributed by atoms with Gasteiger partial charge < -0.3 is 15.0 Å². The van der Waals surface area contributed by atoms with Gasteiger partial charge in [0.1, 0.15) is 5.60 Å². The first-order chi connectivity index (χ1) is 7.35. The Hall–Kier alpha value is -0.770. The van der Waals surface area contributed by atoms with Crippen LogP contribution in [0.15, 0.2) is 0 Å². The molecule has 1 aliphatic rings. The van der Waals surface area contributed by atoms with Gasteiger partial charge in [-0.15, -0.1) is 0 Å². The Morgan fingerprint density at radius 2 is 2.06 bits per heavy atom. The van der Waals surface area contributed by atoms with Crippen LogP contribution >= 0.6 is 0 Å². The lowest BCUT2D eigenvalue weighted by Crippen LogP contribution is -2.54. The van der Waals surface area contributed by atoms with Gasteiger partial charge in [0.25, 0.3) is 0 Å². The van der Waals surface area contributed by atoms with E-state index in [0.29, 0.717) is 6.04 Å². The number of likely N-dealkylation sites (tertiary alicyclic amines) is 1. The quantitative estimate of drug-likeness (QED) is 0.746. The van der Waals surface area contributed by atoms with Gasteiger partial charge >= 0.3 is 6.09 Å². The third-order valence-corrected chi connectivity index (χ3v) is 2.99. The molecule has 2 atom stereocenters. The van der Waals surface area contributed by atoms with Crippen molar-refractivity contribution in [3.05, 3.63) is 0 Å². The molecular formula is C12H24N2O2. The molecule has 16 heavy (non-hydrogen) atoms. The highest BCUT2D eigenvalue weighted by molar-refractivity contribution is 5.68. The van der Waals surface area contributed by atoms with E-state index in [0.717, 1.165) is 19.4 Å². The highest BCUT2D eigenvalue weighted by atomic mass is 16.6. The van der Waals surface area contributed by atoms with Crippen LogP contribution in [0.3, 0.4) is 0 Å². The Morgan fingerprint density at radius 3 is 2.56 bits per heavy atom. The molecule has 0 saturated carbocycles. The second-order valence-corrected chi connectivity index (χ2v) is 5.45. The molecule has 1 heterocycles. The summed E-state index contributed by atoms with van der Waals surface area (Å²) >= 11 is 0. The lowest BCUT2D eigenvalue weighted by molar-refractivity contribution is 0.00758. The van der Waals surface area contributed by atoms with Crippen LogP contribution < -0.4 is 5.32 Å². The molecule has 0 bridgehead atoms. The van der Waals surface area contributed by atoms with Crippen LogP contribution in [0.2, 0.25) is 0 Å². The Kier molecular flexibility index (Phi) is 4.19. The highest BCUT2D eigenvalue weighted by Crippen LogP contribution is 2.20. The number of hydrogen-bond acceptors (Lipinski definition) is 3. The topological polar surface area (TPSA) is 41.6 Å². The smallest absolute Gasteiger partial charge is 0.410 e. The van der Waals surface area contributed by atoms with Gasteiger partial charge in [0.2, 0.25) is 0 Å². The molecule has 0 aromatic carbocycles. The summed E-state index contributed by atoms with van der Waals surface area (Å²) in [7, 11) is 1.94. The Morgan fingerprint density at radius 1 is 1.44 bits per heavy atom. The summed E-state index contributed by atoms with van der Waals surface area (Å²) in [6, 6.07) is 0.579. The molecule has 0 radical (unpaired) electrons. The molecule has 1 saturated heterocycles. The van der Waals surface area contributed by atoms with Crippen molar-refractivity contribution in [1.29, 1.82) is 0 Å². The molecule has 1 N–H and O–H groups in total. The molecule has 0 aromatic rings. The van der Waals surface area contributed by atoms with Crippen molar-refractivity contribution >= 4 is 6.09 Å². The zero-order chi connectivity index (χ0) is 12.3. The minimum absolute atomic E-state index is 0.194. The number of amides is 1. The van der Waals surface area contributed by atoms with E-state index in [1.165, 1.54) is 0 Å². The number of hydrogen-bond donors (Lipinski definition) is 1. The summed E-state index contributed by atoms with van der Waals surface area (Å²) in [5.41, 5.74) is -0.413. The lowest BCUT2D eigenvalue weighted by Gasteiger charge is -2.39. The SMILES string of the molecule is CNC1CCCN(C(=O)OC(C)(C)C)C1C. The van der Waals surface area contributed by atoms with Crippen molar-refractivity contribution in [3.8, 4) is 0 Å². The summed E-state index contributed by atoms with van der Waals surface area (Å²) < 4.78 is 5.40. The van der Waals surface area contributed by atoms with E-state index in [1.807, 2.05) is 32.7 Å². The molecule has 1 amide bonds. The molecule has 4 nitrogen and oxygen atoms in total. The summed E-state index contributed by atoms with van der Waals surface area (Å²) in [6.45, 7) is 8.57. The van der Waals surface area contributed by atoms with E-state index in [1.54, 1.807) is 0 Å². The molecule has 0 spiro atoms. The second kappa shape index (κ2) is 5.04. The number of nitrogens with one attached hydrogen (secondary N) is 1. The predicted octanol–water partition coefficient (Wildman–Crippen LogP) is 1.99. The van der Waals surface area contributed by atoms with Crippen LogP contribution in [0, 0.1) is 0 Å². The van der Waals surface area contributed by atoms with Gasteiger partial charge in [-0.3, -0.25) is 0 Å². The summed E-state index contributed by atoms with van der Waals surface area (Å²) in [5.74, 6) is 0. The number of carbonyl (C=O) groups is 1. The highest BCUT2D eigenvalue weighted by Gasteiger charge is 2.32. The van der Waals surface area contributed by atoms with Crippen molar-refractivity contribution in [2.75, 3.05) is 13.6 Å². The van der Waals surface area contributed by atoms with Gasteiger partial charge in [0.05, 0.1) is 0 Å². The van der Waals surface area contributed by atoms with Crippen LogP contribution in [0.4, 0.5) is 4.79 Å². The lowest BCUT2D eigenvalue weighted by atomic mass is 9.98. The normalized spacial score (nSPS) is 26.7. The van der Waals surface area contributed by atoms with Gasteiger partial charge in [0, 0.05) is 18.6 Å². The first kappa shape index (κ1) is 13.3. The van der Waals surface area contributed by atoms with Crippen molar-refractivity contribution in [2.45, 2.75) is 58.2 Å². The maximum absolute atomic E-state index is 12.0. The van der Waals surface area contributed by atoms with Crippen LogP contribution in [0.1, 0.15) is 40.5 Å². The van der Waals surface area contributed by atoms with Crippen LogP contribution in [-0.2, 0) is 4.74 Å². The van der Waals surface area contributed by atoms with E-state index >= 15 is 0 Å². The first-order valence-corrected chi connectivity index (χ1v) is 6.02. The number of ether oxygens (including phenoxy) is 1. The van der Waals surface area contributed by atoms with E-state index in [2.05, 4.69) is 12.2 Å². The molecule has 4 heteroatoms. The maximum Gasteiger partial charge on any atom is 0.410 e. The Labute approximate surface area is 98.3 Å².